The normalized spacial score (nSPS) is 11.5. The summed E-state index contributed by atoms with van der Waals surface area (Å²) in [6.45, 7) is 4.00. The average Bonchev–Trinajstić information content (AvgIpc) is 3.31. The van der Waals surface area contributed by atoms with Crippen LogP contribution in [0.5, 0.6) is 0 Å². The first-order valence-corrected chi connectivity index (χ1v) is 11.2. The van der Waals surface area contributed by atoms with E-state index in [2.05, 4.69) is 15.2 Å². The van der Waals surface area contributed by atoms with Crippen LogP contribution in [-0.2, 0) is 21.4 Å². The summed E-state index contributed by atoms with van der Waals surface area (Å²) in [6.07, 6.45) is 2.26. The third-order valence-electron chi connectivity index (χ3n) is 5.09. The zero-order chi connectivity index (χ0) is 22.0. The maximum Gasteiger partial charge on any atom is 0.264 e. The van der Waals surface area contributed by atoms with Crippen molar-refractivity contribution in [1.29, 1.82) is 0 Å². The molecule has 160 valence electrons. The van der Waals surface area contributed by atoms with Crippen LogP contribution >= 0.6 is 0 Å². The molecule has 0 aliphatic rings. The fourth-order valence-corrected chi connectivity index (χ4v) is 4.24. The molecule has 4 rings (SSSR count). The Morgan fingerprint density at radius 2 is 1.81 bits per heavy atom. The number of para-hydroxylation sites is 1. The molecule has 1 amide bonds. The molecule has 2 aromatic carbocycles. The monoisotopic (exact) mass is 438 g/mol. The van der Waals surface area contributed by atoms with Crippen molar-refractivity contribution in [3.05, 3.63) is 72.1 Å². The van der Waals surface area contributed by atoms with Crippen molar-refractivity contribution in [2.75, 3.05) is 10.0 Å². The zero-order valence-electron chi connectivity index (χ0n) is 17.1. The molecular weight excluding hydrogens is 416 g/mol. The lowest BCUT2D eigenvalue weighted by Gasteiger charge is -2.09. The van der Waals surface area contributed by atoms with Gasteiger partial charge in [-0.3, -0.25) is 4.79 Å². The topological polar surface area (TPSA) is 106 Å². The molecule has 4 aromatic rings. The number of fused-ring (bicyclic) bond motifs is 1. The minimum atomic E-state index is -3.83. The highest BCUT2D eigenvalue weighted by atomic mass is 32.2. The molecule has 0 atom stereocenters. The molecule has 2 heterocycles. The molecule has 0 spiro atoms. The zero-order valence-corrected chi connectivity index (χ0v) is 17.9. The van der Waals surface area contributed by atoms with Crippen LogP contribution < -0.4 is 10.0 Å². The standard InChI is InChI=1S/C22H22N4O4S/c1-15-16(2)24-30-22(15)25-31(28,29)19-9-7-18(8-10-19)23-21(27)12-14-26-13-11-17-5-3-4-6-20(17)26/h3-11,13,25H,12,14H2,1-2H3,(H,23,27). The highest BCUT2D eigenvalue weighted by molar-refractivity contribution is 7.92. The lowest BCUT2D eigenvalue weighted by Crippen LogP contribution is -2.15. The summed E-state index contributed by atoms with van der Waals surface area (Å²) in [5.41, 5.74) is 2.84. The number of nitrogens with zero attached hydrogens (tertiary/aromatic N) is 2. The number of aryl methyl sites for hydroxylation is 2. The molecule has 0 radical (unpaired) electrons. The van der Waals surface area contributed by atoms with Gasteiger partial charge in [0.1, 0.15) is 0 Å². The molecule has 2 N–H and O–H groups in total. The highest BCUT2D eigenvalue weighted by Gasteiger charge is 2.19. The van der Waals surface area contributed by atoms with Crippen molar-refractivity contribution >= 4 is 38.4 Å². The minimum Gasteiger partial charge on any atom is -0.347 e. The molecule has 31 heavy (non-hydrogen) atoms. The first-order valence-electron chi connectivity index (χ1n) is 9.73. The summed E-state index contributed by atoms with van der Waals surface area (Å²) in [7, 11) is -3.83. The fourth-order valence-electron chi connectivity index (χ4n) is 3.19. The molecule has 9 heteroatoms. The molecule has 0 bridgehead atoms. The van der Waals surface area contributed by atoms with E-state index in [1.807, 2.05) is 41.1 Å². The number of benzene rings is 2. The Hall–Kier alpha value is -3.59. The predicted octanol–water partition coefficient (Wildman–Crippen LogP) is 4.08. The quantitative estimate of drug-likeness (QED) is 0.452. The van der Waals surface area contributed by atoms with Gasteiger partial charge in [-0.2, -0.15) is 0 Å². The fraction of sp³-hybridized carbons (Fsp3) is 0.182. The van der Waals surface area contributed by atoms with Gasteiger partial charge in [-0.05, 0) is 55.6 Å². The van der Waals surface area contributed by atoms with Gasteiger partial charge in [0.2, 0.25) is 11.8 Å². The number of nitrogens with one attached hydrogen (secondary N) is 2. The Bertz CT molecular complexity index is 1340. The molecular formula is C22H22N4O4S. The number of anilines is 2. The second kappa shape index (κ2) is 8.27. The third-order valence-corrected chi connectivity index (χ3v) is 6.44. The van der Waals surface area contributed by atoms with E-state index in [1.54, 1.807) is 26.0 Å². The predicted molar refractivity (Wildman–Crippen MR) is 118 cm³/mol. The summed E-state index contributed by atoms with van der Waals surface area (Å²) in [5, 5.41) is 7.67. The number of amides is 1. The maximum atomic E-state index is 12.5. The number of rotatable bonds is 7. The van der Waals surface area contributed by atoms with E-state index in [1.165, 1.54) is 12.1 Å². The van der Waals surface area contributed by atoms with Crippen molar-refractivity contribution in [3.8, 4) is 0 Å². The highest BCUT2D eigenvalue weighted by Crippen LogP contribution is 2.23. The molecule has 0 saturated carbocycles. The van der Waals surface area contributed by atoms with Crippen LogP contribution in [0.3, 0.4) is 0 Å². The van der Waals surface area contributed by atoms with Gasteiger partial charge < -0.3 is 14.4 Å². The smallest absolute Gasteiger partial charge is 0.264 e. The Balaban J connectivity index is 1.37. The number of sulfonamides is 1. The van der Waals surface area contributed by atoms with Crippen LogP contribution in [0.1, 0.15) is 17.7 Å². The van der Waals surface area contributed by atoms with Crippen molar-refractivity contribution in [2.24, 2.45) is 0 Å². The van der Waals surface area contributed by atoms with Gasteiger partial charge in [0.15, 0.2) is 0 Å². The van der Waals surface area contributed by atoms with Crippen LogP contribution in [0, 0.1) is 13.8 Å². The average molecular weight is 439 g/mol. The van der Waals surface area contributed by atoms with E-state index in [9.17, 15) is 13.2 Å². The number of carbonyl (C=O) groups excluding carboxylic acids is 1. The van der Waals surface area contributed by atoms with Crippen molar-refractivity contribution in [1.82, 2.24) is 9.72 Å². The van der Waals surface area contributed by atoms with Crippen LogP contribution in [0.4, 0.5) is 11.6 Å². The van der Waals surface area contributed by atoms with Crippen LogP contribution in [0.25, 0.3) is 10.9 Å². The van der Waals surface area contributed by atoms with Crippen LogP contribution in [0.15, 0.2) is 70.2 Å². The molecule has 0 aliphatic carbocycles. The van der Waals surface area contributed by atoms with Gasteiger partial charge in [0.05, 0.1) is 10.6 Å². The number of hydrogen-bond donors (Lipinski definition) is 2. The van der Waals surface area contributed by atoms with E-state index >= 15 is 0 Å². The van der Waals surface area contributed by atoms with E-state index in [-0.39, 0.29) is 16.7 Å². The molecule has 0 fully saturated rings. The number of hydrogen-bond acceptors (Lipinski definition) is 5. The Labute approximate surface area is 179 Å². The van der Waals surface area contributed by atoms with Gasteiger partial charge in [-0.15, -0.1) is 0 Å². The summed E-state index contributed by atoms with van der Waals surface area (Å²) in [4.78, 5) is 12.4. The van der Waals surface area contributed by atoms with Crippen LogP contribution in [-0.4, -0.2) is 24.0 Å². The Morgan fingerprint density at radius 1 is 1.06 bits per heavy atom. The van der Waals surface area contributed by atoms with E-state index in [0.717, 1.165) is 10.9 Å². The summed E-state index contributed by atoms with van der Waals surface area (Å²) >= 11 is 0. The lowest BCUT2D eigenvalue weighted by atomic mass is 10.2. The summed E-state index contributed by atoms with van der Waals surface area (Å²) < 4.78 is 34.5. The minimum absolute atomic E-state index is 0.0535. The first kappa shape index (κ1) is 20.7. The van der Waals surface area contributed by atoms with Gasteiger partial charge in [-0.25, -0.2) is 13.1 Å². The largest absolute Gasteiger partial charge is 0.347 e. The first-order chi connectivity index (χ1) is 14.8. The second-order valence-electron chi connectivity index (χ2n) is 7.22. The lowest BCUT2D eigenvalue weighted by molar-refractivity contribution is -0.116. The van der Waals surface area contributed by atoms with Crippen molar-refractivity contribution in [3.63, 3.8) is 0 Å². The maximum absolute atomic E-state index is 12.5. The van der Waals surface area contributed by atoms with Gasteiger partial charge in [-0.1, -0.05) is 23.4 Å². The number of carbonyl (C=O) groups is 1. The Kier molecular flexibility index (Phi) is 5.51. The second-order valence-corrected chi connectivity index (χ2v) is 8.90. The summed E-state index contributed by atoms with van der Waals surface area (Å²) in [5.74, 6) is -0.0633. The van der Waals surface area contributed by atoms with E-state index < -0.39 is 10.0 Å². The Morgan fingerprint density at radius 3 is 2.52 bits per heavy atom. The van der Waals surface area contributed by atoms with Gasteiger partial charge >= 0.3 is 0 Å². The molecule has 0 aliphatic heterocycles. The van der Waals surface area contributed by atoms with Crippen LogP contribution in [0.2, 0.25) is 0 Å². The van der Waals surface area contributed by atoms with E-state index in [0.29, 0.717) is 29.9 Å². The molecule has 0 saturated heterocycles. The SMILES string of the molecule is Cc1noc(NS(=O)(=O)c2ccc(NC(=O)CCn3ccc4ccccc43)cc2)c1C. The van der Waals surface area contributed by atoms with Crippen molar-refractivity contribution < 1.29 is 17.7 Å². The number of aromatic nitrogens is 2. The van der Waals surface area contributed by atoms with Crippen molar-refractivity contribution in [2.45, 2.75) is 31.7 Å². The molecule has 8 nitrogen and oxygen atoms in total. The van der Waals surface area contributed by atoms with E-state index in [4.69, 9.17) is 4.52 Å². The van der Waals surface area contributed by atoms with Gasteiger partial charge in [0, 0.05) is 35.9 Å². The van der Waals surface area contributed by atoms with Gasteiger partial charge in [0.25, 0.3) is 10.0 Å². The molecule has 2 aromatic heterocycles. The molecule has 0 unspecified atom stereocenters. The third kappa shape index (κ3) is 4.46. The summed E-state index contributed by atoms with van der Waals surface area (Å²) in [6, 6.07) is 16.0.